The van der Waals surface area contributed by atoms with Crippen molar-refractivity contribution in [2.75, 3.05) is 6.54 Å². The topological polar surface area (TPSA) is 71.1 Å². The Bertz CT molecular complexity index is 682. The SMILES string of the molecule is CCNCc1ccc(C)c(S(=O)(=O)NCc2cscn2)c1. The van der Waals surface area contributed by atoms with E-state index in [1.165, 1.54) is 11.3 Å². The summed E-state index contributed by atoms with van der Waals surface area (Å²) in [6.07, 6.45) is 0. The lowest BCUT2D eigenvalue weighted by atomic mass is 10.1. The highest BCUT2D eigenvalue weighted by Crippen LogP contribution is 2.17. The predicted molar refractivity (Wildman–Crippen MR) is 84.7 cm³/mol. The molecule has 1 heterocycles. The minimum atomic E-state index is -3.53. The standard InChI is InChI=1S/C14H19N3O2S2/c1-3-15-7-12-5-4-11(2)14(6-12)21(18,19)17-8-13-9-20-10-16-13/h4-6,9-10,15,17H,3,7-8H2,1-2H3. The predicted octanol–water partition coefficient (Wildman–Crippen LogP) is 2.04. The van der Waals surface area contributed by atoms with Crippen LogP contribution in [0.3, 0.4) is 0 Å². The van der Waals surface area contributed by atoms with Crippen LogP contribution in [0.4, 0.5) is 0 Å². The quantitative estimate of drug-likeness (QED) is 0.817. The minimum Gasteiger partial charge on any atom is -0.313 e. The molecule has 0 fully saturated rings. The molecule has 7 heteroatoms. The zero-order chi connectivity index (χ0) is 15.3. The van der Waals surface area contributed by atoms with E-state index in [0.717, 1.165) is 23.4 Å². The van der Waals surface area contributed by atoms with Gasteiger partial charge in [-0.2, -0.15) is 0 Å². The Labute approximate surface area is 129 Å². The molecule has 1 aromatic carbocycles. The van der Waals surface area contributed by atoms with Gasteiger partial charge in [-0.1, -0.05) is 19.1 Å². The first kappa shape index (κ1) is 16.1. The van der Waals surface area contributed by atoms with Gasteiger partial charge >= 0.3 is 0 Å². The summed E-state index contributed by atoms with van der Waals surface area (Å²) >= 11 is 1.45. The van der Waals surface area contributed by atoms with Crippen LogP contribution in [-0.2, 0) is 23.1 Å². The van der Waals surface area contributed by atoms with Gasteiger partial charge in [-0.3, -0.25) is 0 Å². The van der Waals surface area contributed by atoms with Gasteiger partial charge in [0, 0.05) is 11.9 Å². The summed E-state index contributed by atoms with van der Waals surface area (Å²) in [7, 11) is -3.53. The maximum Gasteiger partial charge on any atom is 0.241 e. The number of hydrogen-bond donors (Lipinski definition) is 2. The monoisotopic (exact) mass is 325 g/mol. The van der Waals surface area contributed by atoms with Gasteiger partial charge in [-0.15, -0.1) is 11.3 Å². The summed E-state index contributed by atoms with van der Waals surface area (Å²) in [6.45, 7) is 5.53. The third-order valence-electron chi connectivity index (χ3n) is 3.05. The first-order valence-corrected chi connectivity index (χ1v) is 9.12. The smallest absolute Gasteiger partial charge is 0.241 e. The maximum atomic E-state index is 12.4. The first-order valence-electron chi connectivity index (χ1n) is 6.70. The van der Waals surface area contributed by atoms with Gasteiger partial charge < -0.3 is 5.32 Å². The lowest BCUT2D eigenvalue weighted by Gasteiger charge is -2.11. The van der Waals surface area contributed by atoms with E-state index in [4.69, 9.17) is 0 Å². The van der Waals surface area contributed by atoms with E-state index in [1.807, 2.05) is 24.4 Å². The fourth-order valence-electron chi connectivity index (χ4n) is 1.88. The number of nitrogens with one attached hydrogen (secondary N) is 2. The summed E-state index contributed by atoms with van der Waals surface area (Å²) < 4.78 is 27.4. The number of aryl methyl sites for hydroxylation is 1. The van der Waals surface area contributed by atoms with Gasteiger partial charge in [0.25, 0.3) is 0 Å². The highest BCUT2D eigenvalue weighted by atomic mass is 32.2. The number of nitrogens with zero attached hydrogens (tertiary/aromatic N) is 1. The number of aromatic nitrogens is 1. The van der Waals surface area contributed by atoms with Gasteiger partial charge in [0.2, 0.25) is 10.0 Å². The van der Waals surface area contributed by atoms with Crippen LogP contribution in [0.1, 0.15) is 23.7 Å². The van der Waals surface area contributed by atoms with Gasteiger partial charge in [0.15, 0.2) is 0 Å². The molecule has 0 aliphatic rings. The third kappa shape index (κ3) is 4.34. The van der Waals surface area contributed by atoms with Gasteiger partial charge in [0.05, 0.1) is 22.6 Å². The zero-order valence-electron chi connectivity index (χ0n) is 12.1. The summed E-state index contributed by atoms with van der Waals surface area (Å²) in [4.78, 5) is 4.40. The second kappa shape index (κ2) is 7.13. The molecule has 0 radical (unpaired) electrons. The van der Waals surface area contributed by atoms with Crippen LogP contribution in [0, 0.1) is 6.92 Å². The second-order valence-corrected chi connectivity index (χ2v) is 7.14. The molecular weight excluding hydrogens is 306 g/mol. The molecule has 21 heavy (non-hydrogen) atoms. The molecule has 0 spiro atoms. The molecular formula is C14H19N3O2S2. The van der Waals surface area contributed by atoms with Crippen molar-refractivity contribution in [3.63, 3.8) is 0 Å². The average Bonchev–Trinajstić information content (AvgIpc) is 2.97. The molecule has 2 N–H and O–H groups in total. The number of rotatable bonds is 7. The minimum absolute atomic E-state index is 0.211. The highest BCUT2D eigenvalue weighted by Gasteiger charge is 2.17. The molecule has 0 bridgehead atoms. The number of sulfonamides is 1. The van der Waals surface area contributed by atoms with Crippen molar-refractivity contribution < 1.29 is 8.42 Å². The summed E-state index contributed by atoms with van der Waals surface area (Å²) in [5.41, 5.74) is 4.11. The fraction of sp³-hybridized carbons (Fsp3) is 0.357. The molecule has 2 aromatic rings. The first-order chi connectivity index (χ1) is 10.0. The van der Waals surface area contributed by atoms with Crippen LogP contribution in [0.25, 0.3) is 0 Å². The Hall–Kier alpha value is -1.28. The van der Waals surface area contributed by atoms with Gasteiger partial charge in [-0.25, -0.2) is 18.1 Å². The third-order valence-corrected chi connectivity index (χ3v) is 5.23. The molecule has 114 valence electrons. The van der Waals surface area contributed by atoms with E-state index in [1.54, 1.807) is 18.5 Å². The normalized spacial score (nSPS) is 11.7. The van der Waals surface area contributed by atoms with Crippen molar-refractivity contribution in [2.24, 2.45) is 0 Å². The van der Waals surface area contributed by atoms with E-state index in [0.29, 0.717) is 11.4 Å². The van der Waals surface area contributed by atoms with Crippen LogP contribution in [-0.4, -0.2) is 19.9 Å². The van der Waals surface area contributed by atoms with Gasteiger partial charge in [0.1, 0.15) is 0 Å². The molecule has 0 atom stereocenters. The summed E-state index contributed by atoms with van der Waals surface area (Å²) in [5, 5.41) is 5.02. The Kier molecular flexibility index (Phi) is 5.46. The average molecular weight is 325 g/mol. The van der Waals surface area contributed by atoms with Crippen LogP contribution >= 0.6 is 11.3 Å². The van der Waals surface area contributed by atoms with Crippen molar-refractivity contribution in [3.8, 4) is 0 Å². The summed E-state index contributed by atoms with van der Waals surface area (Å²) in [5.74, 6) is 0. The Morgan fingerprint density at radius 1 is 1.29 bits per heavy atom. The van der Waals surface area contributed by atoms with E-state index in [2.05, 4.69) is 15.0 Å². The van der Waals surface area contributed by atoms with Crippen LogP contribution in [0.15, 0.2) is 34.0 Å². The van der Waals surface area contributed by atoms with Crippen molar-refractivity contribution in [1.29, 1.82) is 0 Å². The Morgan fingerprint density at radius 2 is 2.10 bits per heavy atom. The Morgan fingerprint density at radius 3 is 2.76 bits per heavy atom. The van der Waals surface area contributed by atoms with E-state index >= 15 is 0 Å². The maximum absolute atomic E-state index is 12.4. The molecule has 0 saturated carbocycles. The molecule has 5 nitrogen and oxygen atoms in total. The molecule has 0 amide bonds. The van der Waals surface area contributed by atoms with Crippen molar-refractivity contribution in [1.82, 2.24) is 15.0 Å². The van der Waals surface area contributed by atoms with E-state index < -0.39 is 10.0 Å². The largest absolute Gasteiger partial charge is 0.313 e. The van der Waals surface area contributed by atoms with Crippen LogP contribution in [0.5, 0.6) is 0 Å². The molecule has 0 aliphatic carbocycles. The summed E-state index contributed by atoms with van der Waals surface area (Å²) in [6, 6.07) is 5.50. The zero-order valence-corrected chi connectivity index (χ0v) is 13.7. The molecule has 2 rings (SSSR count). The van der Waals surface area contributed by atoms with E-state index in [9.17, 15) is 8.42 Å². The molecule has 1 aromatic heterocycles. The molecule has 0 saturated heterocycles. The lowest BCUT2D eigenvalue weighted by Crippen LogP contribution is -2.24. The highest BCUT2D eigenvalue weighted by molar-refractivity contribution is 7.89. The van der Waals surface area contributed by atoms with Gasteiger partial charge in [-0.05, 0) is 30.7 Å². The number of benzene rings is 1. The Balaban J connectivity index is 2.17. The number of hydrogen-bond acceptors (Lipinski definition) is 5. The lowest BCUT2D eigenvalue weighted by molar-refractivity contribution is 0.579. The van der Waals surface area contributed by atoms with Crippen molar-refractivity contribution >= 4 is 21.4 Å². The second-order valence-electron chi connectivity index (χ2n) is 4.68. The fourth-order valence-corrected chi connectivity index (χ4v) is 3.74. The van der Waals surface area contributed by atoms with Crippen molar-refractivity contribution in [2.45, 2.75) is 31.8 Å². The number of thiazole rings is 1. The molecule has 0 aliphatic heterocycles. The van der Waals surface area contributed by atoms with E-state index in [-0.39, 0.29) is 6.54 Å². The van der Waals surface area contributed by atoms with Crippen LogP contribution in [0.2, 0.25) is 0 Å². The van der Waals surface area contributed by atoms with Crippen LogP contribution < -0.4 is 10.0 Å². The van der Waals surface area contributed by atoms with Crippen molar-refractivity contribution in [3.05, 3.63) is 45.9 Å². The molecule has 0 unspecified atom stereocenters.